The summed E-state index contributed by atoms with van der Waals surface area (Å²) in [4.78, 5) is 3.92. The van der Waals surface area contributed by atoms with Gasteiger partial charge in [0, 0.05) is 12.3 Å². The number of rotatable bonds is 3. The Morgan fingerprint density at radius 2 is 2.38 bits per heavy atom. The topological polar surface area (TPSA) is 68.4 Å². The largest absolute Gasteiger partial charge is 0.481 e. The number of pyridine rings is 1. The Hall–Kier alpha value is -0.840. The molecule has 1 rings (SSSR count). The van der Waals surface area contributed by atoms with Crippen LogP contribution < -0.4 is 10.5 Å². The summed E-state index contributed by atoms with van der Waals surface area (Å²) >= 11 is 0. The molecule has 13 heavy (non-hydrogen) atoms. The molecule has 5 heteroatoms. The Labute approximate surface area is 83.1 Å². The van der Waals surface area contributed by atoms with Gasteiger partial charge < -0.3 is 15.6 Å². The van der Waals surface area contributed by atoms with E-state index >= 15 is 0 Å². The molecule has 0 spiro atoms. The van der Waals surface area contributed by atoms with E-state index in [9.17, 15) is 0 Å². The maximum absolute atomic E-state index is 8.77. The molecule has 4 nitrogen and oxygen atoms in total. The summed E-state index contributed by atoms with van der Waals surface area (Å²) in [5, 5.41) is 8.77. The molecule has 0 aliphatic carbocycles. The third-order valence-corrected chi connectivity index (χ3v) is 1.59. The first-order valence-corrected chi connectivity index (χ1v) is 3.64. The van der Waals surface area contributed by atoms with Gasteiger partial charge in [0.15, 0.2) is 0 Å². The molecule has 1 heterocycles. The second-order valence-electron chi connectivity index (χ2n) is 2.42. The normalized spacial score (nSPS) is 11.6. The number of methoxy groups -OCH3 is 1. The number of aliphatic hydroxyl groups is 1. The lowest BCUT2D eigenvalue weighted by atomic mass is 10.1. The number of nitrogens with two attached hydrogens (primary N) is 1. The van der Waals surface area contributed by atoms with Crippen LogP contribution in [0.3, 0.4) is 0 Å². The molecule has 0 aliphatic heterocycles. The van der Waals surface area contributed by atoms with Crippen molar-refractivity contribution in [2.45, 2.75) is 6.04 Å². The summed E-state index contributed by atoms with van der Waals surface area (Å²) in [5.74, 6) is 0.511. The molecule has 1 atom stereocenters. The van der Waals surface area contributed by atoms with Gasteiger partial charge in [0.1, 0.15) is 0 Å². The number of ether oxygens (including phenoxy) is 1. The minimum Gasteiger partial charge on any atom is -0.481 e. The number of aromatic nitrogens is 1. The van der Waals surface area contributed by atoms with Crippen LogP contribution in [-0.4, -0.2) is 23.8 Å². The number of nitrogens with zero attached hydrogens (tertiary/aromatic N) is 1. The Morgan fingerprint density at radius 1 is 1.69 bits per heavy atom. The molecule has 0 saturated carbocycles. The molecule has 3 N–H and O–H groups in total. The molecule has 0 aliphatic rings. The zero-order valence-electron chi connectivity index (χ0n) is 7.30. The first-order valence-electron chi connectivity index (χ1n) is 3.64. The van der Waals surface area contributed by atoms with Crippen LogP contribution in [0, 0.1) is 0 Å². The quantitative estimate of drug-likeness (QED) is 0.753. The summed E-state index contributed by atoms with van der Waals surface area (Å²) in [5.41, 5.74) is 6.41. The lowest BCUT2D eigenvalue weighted by Gasteiger charge is -2.08. The van der Waals surface area contributed by atoms with Crippen LogP contribution in [0.5, 0.6) is 5.88 Å². The summed E-state index contributed by atoms with van der Waals surface area (Å²) in [6.45, 7) is -0.0762. The van der Waals surface area contributed by atoms with Gasteiger partial charge in [-0.25, -0.2) is 4.98 Å². The second-order valence-corrected chi connectivity index (χ2v) is 2.42. The molecule has 0 aromatic carbocycles. The second kappa shape index (κ2) is 5.75. The van der Waals surface area contributed by atoms with Crippen LogP contribution in [0.15, 0.2) is 18.3 Å². The molecule has 0 radical (unpaired) electrons. The van der Waals surface area contributed by atoms with Gasteiger partial charge in [-0.05, 0) is 11.6 Å². The van der Waals surface area contributed by atoms with Crippen molar-refractivity contribution in [3.8, 4) is 5.88 Å². The molecule has 1 unspecified atom stereocenters. The maximum Gasteiger partial charge on any atom is 0.213 e. The summed E-state index contributed by atoms with van der Waals surface area (Å²) < 4.78 is 4.90. The lowest BCUT2D eigenvalue weighted by Crippen LogP contribution is -2.14. The third-order valence-electron chi connectivity index (χ3n) is 1.59. The minimum absolute atomic E-state index is 0. The smallest absolute Gasteiger partial charge is 0.213 e. The highest BCUT2D eigenvalue weighted by atomic mass is 35.5. The van der Waals surface area contributed by atoms with Crippen LogP contribution >= 0.6 is 12.4 Å². The Kier molecular flexibility index (Phi) is 5.37. The van der Waals surface area contributed by atoms with Gasteiger partial charge in [0.25, 0.3) is 0 Å². The number of halogens is 1. The molecular weight excluding hydrogens is 192 g/mol. The molecule has 1 aromatic rings. The van der Waals surface area contributed by atoms with Crippen LogP contribution in [0.4, 0.5) is 0 Å². The van der Waals surface area contributed by atoms with Gasteiger partial charge in [0.2, 0.25) is 5.88 Å². The molecule has 0 saturated heterocycles. The van der Waals surface area contributed by atoms with E-state index in [1.807, 2.05) is 0 Å². The van der Waals surface area contributed by atoms with E-state index in [1.54, 1.807) is 18.3 Å². The van der Waals surface area contributed by atoms with Crippen molar-refractivity contribution in [2.24, 2.45) is 5.73 Å². The molecule has 0 fully saturated rings. The van der Waals surface area contributed by atoms with Gasteiger partial charge in [-0.3, -0.25) is 0 Å². The Balaban J connectivity index is 0.00000144. The van der Waals surface area contributed by atoms with Crippen LogP contribution in [-0.2, 0) is 0 Å². The molecular formula is C8H13ClN2O2. The van der Waals surface area contributed by atoms with E-state index in [1.165, 1.54) is 7.11 Å². The van der Waals surface area contributed by atoms with Crippen molar-refractivity contribution in [1.82, 2.24) is 4.98 Å². The maximum atomic E-state index is 8.77. The fourth-order valence-corrected chi connectivity index (χ4v) is 0.872. The Morgan fingerprint density at radius 3 is 2.92 bits per heavy atom. The van der Waals surface area contributed by atoms with Crippen molar-refractivity contribution in [2.75, 3.05) is 13.7 Å². The highest BCUT2D eigenvalue weighted by molar-refractivity contribution is 5.85. The standard InChI is InChI=1S/C8H12N2O2.ClH/c1-12-8-4-6(2-3-10-8)7(9)5-11;/h2-4,7,11H,5,9H2,1H3;1H. The molecule has 0 amide bonds. The highest BCUT2D eigenvalue weighted by Gasteiger charge is 2.04. The fraction of sp³-hybridized carbons (Fsp3) is 0.375. The average Bonchev–Trinajstić information content (AvgIpc) is 2.17. The van der Waals surface area contributed by atoms with Crippen LogP contribution in [0.1, 0.15) is 11.6 Å². The van der Waals surface area contributed by atoms with Crippen molar-refractivity contribution < 1.29 is 9.84 Å². The highest BCUT2D eigenvalue weighted by Crippen LogP contribution is 2.13. The lowest BCUT2D eigenvalue weighted by molar-refractivity contribution is 0.267. The van der Waals surface area contributed by atoms with Gasteiger partial charge in [-0.2, -0.15) is 0 Å². The first kappa shape index (κ1) is 12.2. The number of aliphatic hydroxyl groups excluding tert-OH is 1. The van der Waals surface area contributed by atoms with E-state index in [-0.39, 0.29) is 25.1 Å². The van der Waals surface area contributed by atoms with E-state index in [2.05, 4.69) is 4.98 Å². The molecule has 0 bridgehead atoms. The summed E-state index contributed by atoms with van der Waals surface area (Å²) in [6.07, 6.45) is 1.60. The number of hydrogen-bond acceptors (Lipinski definition) is 4. The van der Waals surface area contributed by atoms with Crippen LogP contribution in [0.25, 0.3) is 0 Å². The fourth-order valence-electron chi connectivity index (χ4n) is 0.872. The van der Waals surface area contributed by atoms with E-state index < -0.39 is 0 Å². The van der Waals surface area contributed by atoms with Gasteiger partial charge in [-0.15, -0.1) is 12.4 Å². The average molecular weight is 205 g/mol. The van der Waals surface area contributed by atoms with Crippen molar-refractivity contribution in [3.63, 3.8) is 0 Å². The minimum atomic E-state index is -0.359. The third kappa shape index (κ3) is 3.18. The van der Waals surface area contributed by atoms with Crippen molar-refractivity contribution >= 4 is 12.4 Å². The number of hydrogen-bond donors (Lipinski definition) is 2. The molecule has 74 valence electrons. The summed E-state index contributed by atoms with van der Waals surface area (Å²) in [7, 11) is 1.54. The van der Waals surface area contributed by atoms with E-state index in [4.69, 9.17) is 15.6 Å². The van der Waals surface area contributed by atoms with Crippen molar-refractivity contribution in [1.29, 1.82) is 0 Å². The Bertz CT molecular complexity index is 258. The first-order chi connectivity index (χ1) is 5.77. The SMILES string of the molecule is COc1cc(C(N)CO)ccn1.Cl. The van der Waals surface area contributed by atoms with Gasteiger partial charge in [0.05, 0.1) is 19.8 Å². The zero-order chi connectivity index (χ0) is 8.97. The molecule has 1 aromatic heterocycles. The predicted molar refractivity (Wildman–Crippen MR) is 52.1 cm³/mol. The van der Waals surface area contributed by atoms with Gasteiger partial charge >= 0.3 is 0 Å². The van der Waals surface area contributed by atoms with Crippen LogP contribution in [0.2, 0.25) is 0 Å². The monoisotopic (exact) mass is 204 g/mol. The van der Waals surface area contributed by atoms with E-state index in [0.29, 0.717) is 5.88 Å². The van der Waals surface area contributed by atoms with E-state index in [0.717, 1.165) is 5.56 Å². The van der Waals surface area contributed by atoms with Gasteiger partial charge in [-0.1, -0.05) is 0 Å². The summed E-state index contributed by atoms with van der Waals surface area (Å²) in [6, 6.07) is 3.10. The zero-order valence-corrected chi connectivity index (χ0v) is 8.12. The predicted octanol–water partition coefficient (Wildman–Crippen LogP) is 0.504. The van der Waals surface area contributed by atoms with Crippen molar-refractivity contribution in [3.05, 3.63) is 23.9 Å².